The van der Waals surface area contributed by atoms with Crippen molar-refractivity contribution < 1.29 is 4.79 Å². The lowest BCUT2D eigenvalue weighted by Crippen LogP contribution is -2.46. The predicted octanol–water partition coefficient (Wildman–Crippen LogP) is 1.67. The van der Waals surface area contributed by atoms with Crippen molar-refractivity contribution in [2.24, 2.45) is 0 Å². The third-order valence-electron chi connectivity index (χ3n) is 4.63. The summed E-state index contributed by atoms with van der Waals surface area (Å²) >= 11 is 0. The van der Waals surface area contributed by atoms with Gasteiger partial charge in [0.25, 0.3) is 0 Å². The molecule has 22 heavy (non-hydrogen) atoms. The van der Waals surface area contributed by atoms with E-state index in [2.05, 4.69) is 26.1 Å². The first-order valence-corrected chi connectivity index (χ1v) is 8.36. The molecule has 0 spiro atoms. The second-order valence-electron chi connectivity index (χ2n) is 6.73. The number of rotatable bonds is 5. The fraction of sp³-hybridized carbons (Fsp3) is 0.750. The zero-order valence-electron chi connectivity index (χ0n) is 13.7. The van der Waals surface area contributed by atoms with Crippen LogP contribution in [0.5, 0.6) is 0 Å². The number of carbonyl (C=O) groups is 1. The Balaban J connectivity index is 1.47. The molecule has 6 heteroatoms. The second kappa shape index (κ2) is 6.69. The van der Waals surface area contributed by atoms with Crippen LogP contribution in [-0.2, 0) is 0 Å². The molecule has 2 aliphatic rings. The van der Waals surface area contributed by atoms with Crippen molar-refractivity contribution in [1.82, 2.24) is 24.9 Å². The Kier molecular flexibility index (Phi) is 4.66. The van der Waals surface area contributed by atoms with Gasteiger partial charge in [0.2, 0.25) is 0 Å². The molecule has 1 saturated carbocycles. The van der Waals surface area contributed by atoms with Gasteiger partial charge in [0, 0.05) is 44.0 Å². The van der Waals surface area contributed by atoms with Crippen LogP contribution in [-0.4, -0.2) is 65.9 Å². The van der Waals surface area contributed by atoms with E-state index >= 15 is 0 Å². The van der Waals surface area contributed by atoms with Gasteiger partial charge in [-0.15, -0.1) is 0 Å². The van der Waals surface area contributed by atoms with Crippen LogP contribution < -0.4 is 5.32 Å². The van der Waals surface area contributed by atoms with E-state index in [1.165, 1.54) is 18.5 Å². The van der Waals surface area contributed by atoms with E-state index in [4.69, 9.17) is 0 Å². The van der Waals surface area contributed by atoms with Gasteiger partial charge in [0.15, 0.2) is 0 Å². The summed E-state index contributed by atoms with van der Waals surface area (Å²) < 4.78 is 2.22. The highest BCUT2D eigenvalue weighted by molar-refractivity contribution is 5.74. The molecule has 122 valence electrons. The number of nitrogens with one attached hydrogen (secondary N) is 1. The maximum atomic E-state index is 12.1. The van der Waals surface area contributed by atoms with Crippen molar-refractivity contribution >= 4 is 6.03 Å². The molecular formula is C16H27N5O. The molecule has 2 heterocycles. The third kappa shape index (κ3) is 3.61. The van der Waals surface area contributed by atoms with E-state index in [0.717, 1.165) is 38.4 Å². The van der Waals surface area contributed by atoms with Gasteiger partial charge in [-0.3, -0.25) is 4.68 Å². The van der Waals surface area contributed by atoms with Gasteiger partial charge in [0.1, 0.15) is 0 Å². The quantitative estimate of drug-likeness (QED) is 0.900. The van der Waals surface area contributed by atoms with E-state index < -0.39 is 0 Å². The largest absolute Gasteiger partial charge is 0.337 e. The van der Waals surface area contributed by atoms with Crippen molar-refractivity contribution in [2.45, 2.75) is 37.6 Å². The maximum absolute atomic E-state index is 12.1. The lowest BCUT2D eigenvalue weighted by Gasteiger charge is -2.33. The number of hydrogen-bond acceptors (Lipinski definition) is 3. The minimum atomic E-state index is 0.0724. The summed E-state index contributed by atoms with van der Waals surface area (Å²) in [5.41, 5.74) is 1.40. The molecule has 1 saturated heterocycles. The van der Waals surface area contributed by atoms with Crippen LogP contribution in [0.4, 0.5) is 4.79 Å². The topological polar surface area (TPSA) is 53.4 Å². The van der Waals surface area contributed by atoms with Gasteiger partial charge >= 0.3 is 6.03 Å². The number of hydrogen-bond donors (Lipinski definition) is 1. The van der Waals surface area contributed by atoms with Crippen molar-refractivity contribution in [1.29, 1.82) is 0 Å². The Morgan fingerprint density at radius 3 is 2.68 bits per heavy atom. The molecule has 1 aromatic rings. The van der Waals surface area contributed by atoms with Gasteiger partial charge in [-0.25, -0.2) is 4.79 Å². The number of likely N-dealkylation sites (N-methyl/N-ethyl adjacent to an activating group) is 1. The Morgan fingerprint density at radius 2 is 2.05 bits per heavy atom. The van der Waals surface area contributed by atoms with Crippen molar-refractivity contribution in [3.63, 3.8) is 0 Å². The average Bonchev–Trinajstić information content (AvgIpc) is 3.24. The van der Waals surface area contributed by atoms with E-state index in [1.807, 2.05) is 25.2 Å². The van der Waals surface area contributed by atoms with Crippen LogP contribution in [0, 0.1) is 0 Å². The number of carbonyl (C=O) groups excluding carboxylic acids is 1. The van der Waals surface area contributed by atoms with Crippen LogP contribution in [0.2, 0.25) is 0 Å². The Morgan fingerprint density at radius 1 is 1.32 bits per heavy atom. The lowest BCUT2D eigenvalue weighted by molar-refractivity contribution is 0.167. The molecular weight excluding hydrogens is 278 g/mol. The summed E-state index contributed by atoms with van der Waals surface area (Å²) in [4.78, 5) is 16.1. The predicted molar refractivity (Wildman–Crippen MR) is 86.0 cm³/mol. The van der Waals surface area contributed by atoms with Crippen molar-refractivity contribution in [3.05, 3.63) is 18.0 Å². The molecule has 3 rings (SSSR count). The van der Waals surface area contributed by atoms with Gasteiger partial charge in [-0.1, -0.05) is 0 Å². The smallest absolute Gasteiger partial charge is 0.317 e. The fourth-order valence-electron chi connectivity index (χ4n) is 3.14. The number of nitrogens with zero attached hydrogens (tertiary/aromatic N) is 4. The minimum absolute atomic E-state index is 0.0724. The molecule has 2 fully saturated rings. The van der Waals surface area contributed by atoms with Gasteiger partial charge in [-0.05, 0) is 45.8 Å². The van der Waals surface area contributed by atoms with Crippen LogP contribution in [0.25, 0.3) is 0 Å². The first-order chi connectivity index (χ1) is 10.6. The molecule has 0 atom stereocenters. The summed E-state index contributed by atoms with van der Waals surface area (Å²) in [7, 11) is 4.03. The number of likely N-dealkylation sites (tertiary alicyclic amines) is 1. The number of aromatic nitrogens is 2. The van der Waals surface area contributed by atoms with E-state index in [1.54, 1.807) is 0 Å². The van der Waals surface area contributed by atoms with Gasteiger partial charge in [0.05, 0.1) is 6.04 Å². The monoisotopic (exact) mass is 305 g/mol. The molecule has 2 amide bonds. The third-order valence-corrected chi connectivity index (χ3v) is 4.63. The Labute approximate surface area is 132 Å². The molecule has 0 aromatic carbocycles. The number of amides is 2. The molecule has 1 N–H and O–H groups in total. The van der Waals surface area contributed by atoms with Gasteiger partial charge in [-0.2, -0.15) is 5.10 Å². The van der Waals surface area contributed by atoms with Crippen LogP contribution in [0.15, 0.2) is 12.3 Å². The first kappa shape index (κ1) is 15.3. The first-order valence-electron chi connectivity index (χ1n) is 8.36. The van der Waals surface area contributed by atoms with Gasteiger partial charge < -0.3 is 15.1 Å². The molecule has 1 aliphatic carbocycles. The average molecular weight is 305 g/mol. The highest BCUT2D eigenvalue weighted by atomic mass is 16.2. The molecule has 0 bridgehead atoms. The summed E-state index contributed by atoms with van der Waals surface area (Å²) in [6, 6.07) is 2.69. The summed E-state index contributed by atoms with van der Waals surface area (Å²) in [5, 5.41) is 7.53. The molecule has 0 unspecified atom stereocenters. The minimum Gasteiger partial charge on any atom is -0.337 e. The normalized spacial score (nSPS) is 19.7. The van der Waals surface area contributed by atoms with Crippen LogP contribution in [0.1, 0.15) is 43.3 Å². The van der Waals surface area contributed by atoms with E-state index in [-0.39, 0.29) is 6.03 Å². The van der Waals surface area contributed by atoms with Crippen molar-refractivity contribution in [3.8, 4) is 0 Å². The zero-order chi connectivity index (χ0) is 15.5. The summed E-state index contributed by atoms with van der Waals surface area (Å²) in [5.74, 6) is 0.731. The second-order valence-corrected chi connectivity index (χ2v) is 6.73. The van der Waals surface area contributed by atoms with Crippen LogP contribution >= 0.6 is 0 Å². The molecule has 1 aliphatic heterocycles. The van der Waals surface area contributed by atoms with E-state index in [9.17, 15) is 4.79 Å². The lowest BCUT2D eigenvalue weighted by atomic mass is 10.0. The van der Waals surface area contributed by atoms with E-state index in [0.29, 0.717) is 12.6 Å². The number of urea groups is 1. The van der Waals surface area contributed by atoms with Crippen LogP contribution in [0.3, 0.4) is 0 Å². The summed E-state index contributed by atoms with van der Waals surface area (Å²) in [6.45, 7) is 3.22. The highest BCUT2D eigenvalue weighted by Crippen LogP contribution is 2.41. The highest BCUT2D eigenvalue weighted by Gasteiger charge is 2.31. The SMILES string of the molecule is CN(C)CCNC(=O)N1CCC(n2nccc2C2CC2)CC1. The standard InChI is InChI=1S/C16H27N5O/c1-19(2)12-9-17-16(22)20-10-6-14(7-11-20)21-15(5-8-18-21)13-3-4-13/h5,8,13-14H,3-4,6-7,9-12H2,1-2H3,(H,17,22). The zero-order valence-corrected chi connectivity index (χ0v) is 13.7. The fourth-order valence-corrected chi connectivity index (χ4v) is 3.14. The Bertz CT molecular complexity index is 500. The number of piperidine rings is 1. The summed E-state index contributed by atoms with van der Waals surface area (Å²) in [6.07, 6.45) is 6.54. The van der Waals surface area contributed by atoms with Crippen molar-refractivity contribution in [2.75, 3.05) is 40.3 Å². The molecule has 1 aromatic heterocycles. The molecule has 6 nitrogen and oxygen atoms in total. The Hall–Kier alpha value is -1.56. The molecule has 0 radical (unpaired) electrons. The maximum Gasteiger partial charge on any atom is 0.317 e.